The van der Waals surface area contributed by atoms with Gasteiger partial charge in [0.15, 0.2) is 0 Å². The van der Waals surface area contributed by atoms with E-state index in [0.29, 0.717) is 28.4 Å². The van der Waals surface area contributed by atoms with E-state index >= 15 is 0 Å². The zero-order valence-corrected chi connectivity index (χ0v) is 13.6. The van der Waals surface area contributed by atoms with Crippen molar-refractivity contribution < 1.29 is 18.8 Å². The fraction of sp³-hybridized carbons (Fsp3) is 0.118. The minimum absolute atomic E-state index is 0.0702. The highest BCUT2D eigenvalue weighted by Crippen LogP contribution is 2.29. The lowest BCUT2D eigenvalue weighted by atomic mass is 10.1. The van der Waals surface area contributed by atoms with Gasteiger partial charge in [0.1, 0.15) is 22.8 Å². The van der Waals surface area contributed by atoms with Gasteiger partial charge < -0.3 is 25.0 Å². The minimum Gasteiger partial charge on any atom is -0.497 e. The highest BCUT2D eigenvalue weighted by atomic mass is 16.5. The molecule has 0 aliphatic rings. The first-order valence-electron chi connectivity index (χ1n) is 7.32. The number of nitrogen functional groups attached to an aromatic ring is 1. The van der Waals surface area contributed by atoms with Crippen molar-refractivity contribution in [1.29, 1.82) is 0 Å². The molecule has 0 radical (unpaired) electrons. The molecule has 0 aliphatic carbocycles. The summed E-state index contributed by atoms with van der Waals surface area (Å²) in [7, 11) is 3.06. The maximum absolute atomic E-state index is 12.7. The van der Waals surface area contributed by atoms with E-state index in [2.05, 4.69) is 15.5 Å². The highest BCUT2D eigenvalue weighted by Gasteiger charge is 2.23. The molecule has 3 rings (SSSR count). The van der Waals surface area contributed by atoms with Gasteiger partial charge in [-0.3, -0.25) is 9.78 Å². The van der Waals surface area contributed by atoms with E-state index in [-0.39, 0.29) is 11.4 Å². The third-order valence-corrected chi connectivity index (χ3v) is 3.51. The molecular formula is C17H16N4O4. The smallest absolute Gasteiger partial charge is 0.263 e. The number of amides is 1. The van der Waals surface area contributed by atoms with Gasteiger partial charge in [0.05, 0.1) is 14.2 Å². The number of ether oxygens (including phenoxy) is 2. The fourth-order valence-electron chi connectivity index (χ4n) is 2.30. The maximum Gasteiger partial charge on any atom is 0.263 e. The molecule has 0 bridgehead atoms. The number of pyridine rings is 1. The van der Waals surface area contributed by atoms with Crippen LogP contribution in [0.4, 0.5) is 11.6 Å². The Morgan fingerprint density at radius 1 is 1.12 bits per heavy atom. The molecular weight excluding hydrogens is 324 g/mol. The molecule has 2 aromatic heterocycles. The zero-order valence-electron chi connectivity index (χ0n) is 13.6. The molecule has 0 saturated heterocycles. The summed E-state index contributed by atoms with van der Waals surface area (Å²) in [6.45, 7) is 0. The molecule has 8 nitrogen and oxygen atoms in total. The number of hydrogen-bond acceptors (Lipinski definition) is 7. The molecule has 0 aliphatic heterocycles. The van der Waals surface area contributed by atoms with Crippen LogP contribution < -0.4 is 20.5 Å². The molecule has 3 N–H and O–H groups in total. The van der Waals surface area contributed by atoms with E-state index in [1.54, 1.807) is 42.7 Å². The van der Waals surface area contributed by atoms with E-state index in [1.807, 2.05) is 0 Å². The Balaban J connectivity index is 1.94. The Bertz CT molecular complexity index is 871. The van der Waals surface area contributed by atoms with Gasteiger partial charge in [-0.1, -0.05) is 5.16 Å². The Labute approximate surface area is 143 Å². The van der Waals surface area contributed by atoms with Gasteiger partial charge in [-0.05, 0) is 12.1 Å². The summed E-state index contributed by atoms with van der Waals surface area (Å²) in [6.07, 6.45) is 3.18. The second kappa shape index (κ2) is 6.91. The second-order valence-electron chi connectivity index (χ2n) is 5.06. The minimum atomic E-state index is -0.458. The number of nitrogens with zero attached hydrogens (tertiary/aromatic N) is 2. The number of carbonyl (C=O) groups is 1. The number of carbonyl (C=O) groups excluding carboxylic acids is 1. The van der Waals surface area contributed by atoms with Crippen molar-refractivity contribution in [2.24, 2.45) is 0 Å². The van der Waals surface area contributed by atoms with Crippen LogP contribution in [0.25, 0.3) is 11.3 Å². The van der Waals surface area contributed by atoms with Gasteiger partial charge in [0.25, 0.3) is 5.91 Å². The van der Waals surface area contributed by atoms with Gasteiger partial charge >= 0.3 is 0 Å². The SMILES string of the molecule is COc1cc(NC(=O)c2c(-c3ccncc3)noc2N)cc(OC)c1. The largest absolute Gasteiger partial charge is 0.497 e. The zero-order chi connectivity index (χ0) is 17.8. The van der Waals surface area contributed by atoms with Crippen LogP contribution >= 0.6 is 0 Å². The van der Waals surface area contributed by atoms with E-state index in [0.717, 1.165) is 0 Å². The number of methoxy groups -OCH3 is 2. The first-order valence-corrected chi connectivity index (χ1v) is 7.32. The number of benzene rings is 1. The van der Waals surface area contributed by atoms with Crippen LogP contribution in [0, 0.1) is 0 Å². The normalized spacial score (nSPS) is 10.3. The number of nitrogens with two attached hydrogens (primary N) is 1. The van der Waals surface area contributed by atoms with Crippen molar-refractivity contribution in [3.8, 4) is 22.8 Å². The molecule has 8 heteroatoms. The third kappa shape index (κ3) is 3.37. The molecule has 128 valence electrons. The van der Waals surface area contributed by atoms with E-state index < -0.39 is 5.91 Å². The molecule has 0 saturated carbocycles. The van der Waals surface area contributed by atoms with Crippen LogP contribution in [0.2, 0.25) is 0 Å². The predicted octanol–water partition coefficient (Wildman–Crippen LogP) is 2.59. The number of anilines is 2. The number of rotatable bonds is 5. The Morgan fingerprint density at radius 2 is 1.76 bits per heavy atom. The lowest BCUT2D eigenvalue weighted by Gasteiger charge is -2.10. The summed E-state index contributed by atoms with van der Waals surface area (Å²) in [5, 5.41) is 6.63. The van der Waals surface area contributed by atoms with Crippen LogP contribution in [-0.4, -0.2) is 30.3 Å². The van der Waals surface area contributed by atoms with Crippen molar-refractivity contribution in [1.82, 2.24) is 10.1 Å². The molecule has 2 heterocycles. The summed E-state index contributed by atoms with van der Waals surface area (Å²) in [6, 6.07) is 8.45. The van der Waals surface area contributed by atoms with E-state index in [1.165, 1.54) is 14.2 Å². The Morgan fingerprint density at radius 3 is 2.36 bits per heavy atom. The van der Waals surface area contributed by atoms with Crippen molar-refractivity contribution in [2.75, 3.05) is 25.3 Å². The van der Waals surface area contributed by atoms with Gasteiger partial charge in [-0.25, -0.2) is 0 Å². The van der Waals surface area contributed by atoms with Gasteiger partial charge in [0.2, 0.25) is 5.88 Å². The Kier molecular flexibility index (Phi) is 4.51. The first kappa shape index (κ1) is 16.3. The lowest BCUT2D eigenvalue weighted by Crippen LogP contribution is -2.14. The molecule has 0 fully saturated rings. The average Bonchev–Trinajstić information content (AvgIpc) is 3.03. The molecule has 1 aromatic carbocycles. The second-order valence-corrected chi connectivity index (χ2v) is 5.06. The van der Waals surface area contributed by atoms with Crippen molar-refractivity contribution in [3.63, 3.8) is 0 Å². The van der Waals surface area contributed by atoms with E-state index in [4.69, 9.17) is 19.7 Å². The molecule has 3 aromatic rings. The first-order chi connectivity index (χ1) is 12.1. The highest BCUT2D eigenvalue weighted by molar-refractivity contribution is 6.11. The predicted molar refractivity (Wildman–Crippen MR) is 91.6 cm³/mol. The lowest BCUT2D eigenvalue weighted by molar-refractivity contribution is 0.102. The van der Waals surface area contributed by atoms with Crippen LogP contribution in [0.15, 0.2) is 47.2 Å². The van der Waals surface area contributed by atoms with Crippen molar-refractivity contribution in [3.05, 3.63) is 48.3 Å². The monoisotopic (exact) mass is 340 g/mol. The quantitative estimate of drug-likeness (QED) is 0.734. The van der Waals surface area contributed by atoms with Crippen LogP contribution in [0.3, 0.4) is 0 Å². The summed E-state index contributed by atoms with van der Waals surface area (Å²) in [5.41, 5.74) is 7.44. The number of hydrogen-bond donors (Lipinski definition) is 2. The number of nitrogens with one attached hydrogen (secondary N) is 1. The van der Waals surface area contributed by atoms with Crippen LogP contribution in [0.5, 0.6) is 11.5 Å². The molecule has 0 spiro atoms. The third-order valence-electron chi connectivity index (χ3n) is 3.51. The number of aromatic nitrogens is 2. The van der Waals surface area contributed by atoms with Gasteiger partial charge in [0, 0.05) is 41.8 Å². The maximum atomic E-state index is 12.7. The summed E-state index contributed by atoms with van der Waals surface area (Å²) >= 11 is 0. The van der Waals surface area contributed by atoms with Gasteiger partial charge in [-0.15, -0.1) is 0 Å². The van der Waals surface area contributed by atoms with Crippen molar-refractivity contribution in [2.45, 2.75) is 0 Å². The average molecular weight is 340 g/mol. The summed E-state index contributed by atoms with van der Waals surface area (Å²) in [5.74, 6) is 0.560. The van der Waals surface area contributed by atoms with Crippen LogP contribution in [-0.2, 0) is 0 Å². The van der Waals surface area contributed by atoms with E-state index in [9.17, 15) is 4.79 Å². The topological polar surface area (TPSA) is 112 Å². The standard InChI is InChI=1S/C17H16N4O4/c1-23-12-7-11(8-13(9-12)24-2)20-17(22)14-15(21-25-16(14)18)10-3-5-19-6-4-10/h3-9H,18H2,1-2H3,(H,20,22). The van der Waals surface area contributed by atoms with Crippen LogP contribution in [0.1, 0.15) is 10.4 Å². The summed E-state index contributed by atoms with van der Waals surface area (Å²) < 4.78 is 15.4. The van der Waals surface area contributed by atoms with Gasteiger partial charge in [-0.2, -0.15) is 0 Å². The molecule has 0 atom stereocenters. The van der Waals surface area contributed by atoms with Crippen molar-refractivity contribution >= 4 is 17.5 Å². The fourth-order valence-corrected chi connectivity index (χ4v) is 2.30. The Hall–Kier alpha value is -3.55. The molecule has 1 amide bonds. The molecule has 0 unspecified atom stereocenters. The molecule has 25 heavy (non-hydrogen) atoms. The summed E-state index contributed by atoms with van der Waals surface area (Å²) in [4.78, 5) is 16.6.